The minimum Gasteiger partial charge on any atom is -0.374 e. The zero-order chi connectivity index (χ0) is 26.3. The number of aliphatic hydroxyl groups excluding tert-OH is 1. The lowest BCUT2D eigenvalue weighted by Crippen LogP contribution is -2.30. The van der Waals surface area contributed by atoms with Crippen LogP contribution in [0.1, 0.15) is 46.5 Å². The SMILES string of the molecule is CC(C)(C)CC(O)Nc1cncc(-c2cc3c(-c4nc5c(N6CCCCC6)nccc5[nH]4)n[nH]c3cn2)c1. The van der Waals surface area contributed by atoms with Gasteiger partial charge in [-0.05, 0) is 49.3 Å². The van der Waals surface area contributed by atoms with E-state index in [2.05, 4.69) is 61.1 Å². The highest BCUT2D eigenvalue weighted by Crippen LogP contribution is 2.32. The second-order valence-electron chi connectivity index (χ2n) is 11.2. The lowest BCUT2D eigenvalue weighted by atomic mass is 9.91. The van der Waals surface area contributed by atoms with Crippen LogP contribution in [0.5, 0.6) is 0 Å². The third-order valence-corrected chi connectivity index (χ3v) is 6.88. The number of hydrogen-bond acceptors (Lipinski definition) is 8. The van der Waals surface area contributed by atoms with Crippen LogP contribution in [-0.4, -0.2) is 59.5 Å². The van der Waals surface area contributed by atoms with Gasteiger partial charge in [0.1, 0.15) is 17.4 Å². The van der Waals surface area contributed by atoms with Crippen LogP contribution < -0.4 is 10.2 Å². The molecule has 0 amide bonds. The Kier molecular flexibility index (Phi) is 6.19. The fraction of sp³-hybridized carbons (Fsp3) is 0.393. The summed E-state index contributed by atoms with van der Waals surface area (Å²) in [5.74, 6) is 1.62. The van der Waals surface area contributed by atoms with E-state index in [9.17, 15) is 5.11 Å². The number of fused-ring (bicyclic) bond motifs is 2. The average Bonchev–Trinajstić information content (AvgIpc) is 3.51. The van der Waals surface area contributed by atoms with Crippen LogP contribution >= 0.6 is 0 Å². The molecule has 38 heavy (non-hydrogen) atoms. The van der Waals surface area contributed by atoms with Gasteiger partial charge in [-0.2, -0.15) is 5.10 Å². The van der Waals surface area contributed by atoms with Crippen molar-refractivity contribution in [3.63, 3.8) is 0 Å². The van der Waals surface area contributed by atoms with Crippen molar-refractivity contribution in [1.82, 2.24) is 35.1 Å². The van der Waals surface area contributed by atoms with Gasteiger partial charge in [0.2, 0.25) is 0 Å². The third kappa shape index (κ3) is 4.91. The van der Waals surface area contributed by atoms with Crippen molar-refractivity contribution >= 4 is 33.4 Å². The second-order valence-corrected chi connectivity index (χ2v) is 11.2. The zero-order valence-electron chi connectivity index (χ0n) is 22.0. The molecule has 0 aromatic carbocycles. The van der Waals surface area contributed by atoms with Crippen molar-refractivity contribution in [1.29, 1.82) is 0 Å². The van der Waals surface area contributed by atoms with Gasteiger partial charge in [-0.1, -0.05) is 20.8 Å². The molecule has 196 valence electrons. The summed E-state index contributed by atoms with van der Waals surface area (Å²) in [6, 6.07) is 5.90. The average molecular weight is 512 g/mol. The first kappa shape index (κ1) is 24.3. The molecule has 1 aliphatic rings. The molecule has 10 heteroatoms. The van der Waals surface area contributed by atoms with Crippen molar-refractivity contribution in [3.05, 3.63) is 43.0 Å². The Morgan fingerprint density at radius 1 is 1.05 bits per heavy atom. The van der Waals surface area contributed by atoms with Crippen LogP contribution in [0.25, 0.3) is 44.7 Å². The number of nitrogens with one attached hydrogen (secondary N) is 3. The van der Waals surface area contributed by atoms with E-state index < -0.39 is 6.23 Å². The molecule has 1 fully saturated rings. The maximum atomic E-state index is 10.5. The molecule has 5 aromatic rings. The number of aliphatic hydroxyl groups is 1. The van der Waals surface area contributed by atoms with Crippen molar-refractivity contribution in [2.45, 2.75) is 52.7 Å². The predicted octanol–water partition coefficient (Wildman–Crippen LogP) is 5.12. The summed E-state index contributed by atoms with van der Waals surface area (Å²) < 4.78 is 0. The maximum Gasteiger partial charge on any atom is 0.159 e. The standard InChI is InChI=1S/C28H33N9O/c1-28(2,3)13-23(38)32-18-11-17(14-29-15-18)21-12-19-22(16-31-21)35-36-24(19)26-33-20-7-8-30-27(25(20)34-26)37-9-5-4-6-10-37/h7-8,11-12,14-16,23,32,38H,4-6,9-10,13H2,1-3H3,(H,33,34)(H,35,36). The topological polar surface area (TPSA) is 132 Å². The largest absolute Gasteiger partial charge is 0.374 e. The first-order valence-electron chi connectivity index (χ1n) is 13.2. The molecule has 6 rings (SSSR count). The van der Waals surface area contributed by atoms with Crippen LogP contribution in [0.3, 0.4) is 0 Å². The third-order valence-electron chi connectivity index (χ3n) is 6.88. The minimum atomic E-state index is -0.666. The van der Waals surface area contributed by atoms with E-state index in [-0.39, 0.29) is 5.41 Å². The number of H-pyrrole nitrogens is 2. The van der Waals surface area contributed by atoms with E-state index in [4.69, 9.17) is 4.98 Å². The molecule has 0 spiro atoms. The molecule has 1 atom stereocenters. The van der Waals surface area contributed by atoms with Crippen molar-refractivity contribution in [2.75, 3.05) is 23.3 Å². The van der Waals surface area contributed by atoms with Gasteiger partial charge in [-0.15, -0.1) is 0 Å². The molecule has 4 N–H and O–H groups in total. The minimum absolute atomic E-state index is 0.00297. The van der Waals surface area contributed by atoms with Crippen molar-refractivity contribution in [3.8, 4) is 22.8 Å². The number of aromatic amines is 2. The van der Waals surface area contributed by atoms with E-state index in [0.717, 1.165) is 63.5 Å². The quantitative estimate of drug-likeness (QED) is 0.231. The number of hydrogen-bond donors (Lipinski definition) is 4. The van der Waals surface area contributed by atoms with E-state index in [1.165, 1.54) is 19.3 Å². The van der Waals surface area contributed by atoms with Crippen LogP contribution in [0.4, 0.5) is 11.5 Å². The zero-order valence-corrected chi connectivity index (χ0v) is 22.0. The Hall–Kier alpha value is -4.05. The molecule has 1 aliphatic heterocycles. The Labute approximate surface area is 221 Å². The first-order chi connectivity index (χ1) is 18.3. The Morgan fingerprint density at radius 3 is 2.71 bits per heavy atom. The summed E-state index contributed by atoms with van der Waals surface area (Å²) in [4.78, 5) is 24.4. The number of nitrogens with zero attached hydrogens (tertiary/aromatic N) is 6. The number of imidazole rings is 1. The number of aromatic nitrogens is 7. The highest BCUT2D eigenvalue weighted by Gasteiger charge is 2.20. The molecule has 10 nitrogen and oxygen atoms in total. The molecule has 0 bridgehead atoms. The Morgan fingerprint density at radius 2 is 1.89 bits per heavy atom. The molecular weight excluding hydrogens is 478 g/mol. The van der Waals surface area contributed by atoms with Crippen LogP contribution in [0.15, 0.2) is 43.0 Å². The fourth-order valence-corrected chi connectivity index (χ4v) is 5.11. The van der Waals surface area contributed by atoms with Crippen LogP contribution in [0.2, 0.25) is 0 Å². The highest BCUT2D eigenvalue weighted by molar-refractivity contribution is 5.96. The van der Waals surface area contributed by atoms with E-state index in [0.29, 0.717) is 12.2 Å². The Bertz CT molecular complexity index is 1580. The summed E-state index contributed by atoms with van der Waals surface area (Å²) in [5.41, 5.74) is 5.70. The van der Waals surface area contributed by atoms with Gasteiger partial charge in [-0.3, -0.25) is 15.1 Å². The monoisotopic (exact) mass is 511 g/mol. The smallest absolute Gasteiger partial charge is 0.159 e. The van der Waals surface area contributed by atoms with Crippen LogP contribution in [-0.2, 0) is 0 Å². The lowest BCUT2D eigenvalue weighted by molar-refractivity contribution is 0.145. The van der Waals surface area contributed by atoms with Gasteiger partial charge in [0, 0.05) is 36.4 Å². The molecule has 0 saturated carbocycles. The Balaban J connectivity index is 1.33. The normalized spacial score (nSPS) is 15.3. The molecule has 0 radical (unpaired) electrons. The fourth-order valence-electron chi connectivity index (χ4n) is 5.11. The summed E-state index contributed by atoms with van der Waals surface area (Å²) in [7, 11) is 0. The molecular formula is C28H33N9O. The van der Waals surface area contributed by atoms with Gasteiger partial charge in [0.05, 0.1) is 34.8 Å². The van der Waals surface area contributed by atoms with E-state index in [1.54, 1.807) is 18.6 Å². The van der Waals surface area contributed by atoms with Crippen LogP contribution in [0, 0.1) is 5.41 Å². The van der Waals surface area contributed by atoms with Crippen molar-refractivity contribution in [2.24, 2.45) is 5.41 Å². The summed E-state index contributed by atoms with van der Waals surface area (Å²) in [6.45, 7) is 8.30. The highest BCUT2D eigenvalue weighted by atomic mass is 16.3. The maximum absolute atomic E-state index is 10.5. The number of piperidine rings is 1. The number of rotatable bonds is 6. The van der Waals surface area contributed by atoms with Gasteiger partial charge in [0.25, 0.3) is 0 Å². The van der Waals surface area contributed by atoms with Gasteiger partial charge < -0.3 is 20.3 Å². The lowest BCUT2D eigenvalue weighted by Gasteiger charge is -2.27. The van der Waals surface area contributed by atoms with Crippen molar-refractivity contribution < 1.29 is 5.11 Å². The summed E-state index contributed by atoms with van der Waals surface area (Å²) >= 11 is 0. The predicted molar refractivity (Wildman–Crippen MR) is 150 cm³/mol. The molecule has 0 aliphatic carbocycles. The summed E-state index contributed by atoms with van der Waals surface area (Å²) in [5, 5.41) is 22.2. The van der Waals surface area contributed by atoms with E-state index >= 15 is 0 Å². The van der Waals surface area contributed by atoms with Gasteiger partial charge in [0.15, 0.2) is 11.6 Å². The molecule has 6 heterocycles. The number of anilines is 2. The van der Waals surface area contributed by atoms with E-state index in [1.807, 2.05) is 24.4 Å². The van der Waals surface area contributed by atoms with Gasteiger partial charge >= 0.3 is 0 Å². The van der Waals surface area contributed by atoms with Gasteiger partial charge in [-0.25, -0.2) is 9.97 Å². The molecule has 1 unspecified atom stereocenters. The molecule has 1 saturated heterocycles. The summed E-state index contributed by atoms with van der Waals surface area (Å²) in [6.07, 6.45) is 10.7. The molecule has 5 aromatic heterocycles. The second kappa shape index (κ2) is 9.68. The first-order valence-corrected chi connectivity index (χ1v) is 13.2. The number of pyridine rings is 3.